The Kier molecular flexibility index (Phi) is 3.77. The quantitative estimate of drug-likeness (QED) is 0.803. The van der Waals surface area contributed by atoms with E-state index in [1.165, 1.54) is 0 Å². The van der Waals surface area contributed by atoms with Crippen LogP contribution in [0.15, 0.2) is 42.5 Å². The number of nitrogens with zero attached hydrogens (tertiary/aromatic N) is 2. The zero-order valence-corrected chi connectivity index (χ0v) is 15.8. The Hall–Kier alpha value is -3.55. The number of hydrogen-bond donors (Lipinski definition) is 1. The van der Waals surface area contributed by atoms with Crippen LogP contribution in [0, 0.1) is 0 Å². The van der Waals surface area contributed by atoms with Gasteiger partial charge in [-0.25, -0.2) is 4.79 Å². The van der Waals surface area contributed by atoms with E-state index in [1.54, 1.807) is 30.0 Å². The standard InChI is InChI=1S/C21H19N3O5/c1-21(14-6-7-16-17(10-14)29-12-28-16)19(26)24(20(27)22-21)11-18(25)23-9-8-13-4-2-3-5-15(13)23/h2-7,10H,8-9,11-12H2,1H3,(H,22,27)/t21-/m1/s1. The normalized spacial score (nSPS) is 22.1. The summed E-state index contributed by atoms with van der Waals surface area (Å²) in [5.74, 6) is 0.360. The van der Waals surface area contributed by atoms with E-state index in [2.05, 4.69) is 5.32 Å². The Balaban J connectivity index is 1.38. The molecule has 8 nitrogen and oxygen atoms in total. The highest BCUT2D eigenvalue weighted by Gasteiger charge is 2.50. The van der Waals surface area contributed by atoms with Gasteiger partial charge < -0.3 is 19.7 Å². The van der Waals surface area contributed by atoms with Gasteiger partial charge in [0, 0.05) is 12.2 Å². The van der Waals surface area contributed by atoms with Crippen molar-refractivity contribution in [3.05, 3.63) is 53.6 Å². The Bertz CT molecular complexity index is 1050. The molecule has 1 saturated heterocycles. The third-order valence-electron chi connectivity index (χ3n) is 5.71. The van der Waals surface area contributed by atoms with Crippen LogP contribution in [-0.2, 0) is 21.5 Å². The first-order valence-corrected chi connectivity index (χ1v) is 9.40. The van der Waals surface area contributed by atoms with Crippen LogP contribution in [-0.4, -0.2) is 42.6 Å². The lowest BCUT2D eigenvalue weighted by molar-refractivity contribution is -0.134. The molecule has 4 amide bonds. The van der Waals surface area contributed by atoms with Gasteiger partial charge in [0.05, 0.1) is 0 Å². The van der Waals surface area contributed by atoms with Crippen molar-refractivity contribution in [3.63, 3.8) is 0 Å². The summed E-state index contributed by atoms with van der Waals surface area (Å²) in [5, 5.41) is 2.72. The number of carbonyl (C=O) groups excluding carboxylic acids is 3. The third-order valence-corrected chi connectivity index (χ3v) is 5.71. The number of anilines is 1. The first kappa shape index (κ1) is 17.5. The van der Waals surface area contributed by atoms with Crippen LogP contribution in [0.4, 0.5) is 10.5 Å². The number of hydrogen-bond acceptors (Lipinski definition) is 5. The van der Waals surface area contributed by atoms with Crippen LogP contribution in [0.3, 0.4) is 0 Å². The highest BCUT2D eigenvalue weighted by atomic mass is 16.7. The molecule has 3 aliphatic rings. The van der Waals surface area contributed by atoms with E-state index in [0.717, 1.165) is 22.6 Å². The molecule has 2 aromatic carbocycles. The Morgan fingerprint density at radius 1 is 1.14 bits per heavy atom. The molecule has 0 aromatic heterocycles. The third kappa shape index (κ3) is 2.63. The fourth-order valence-electron chi connectivity index (χ4n) is 4.06. The molecular weight excluding hydrogens is 374 g/mol. The lowest BCUT2D eigenvalue weighted by Gasteiger charge is -2.23. The molecular formula is C21H19N3O5. The number of fused-ring (bicyclic) bond motifs is 2. The van der Waals surface area contributed by atoms with Gasteiger partial charge in [-0.15, -0.1) is 0 Å². The summed E-state index contributed by atoms with van der Waals surface area (Å²) in [5.41, 5.74) is 1.22. The highest BCUT2D eigenvalue weighted by Crippen LogP contribution is 2.38. The van der Waals surface area contributed by atoms with Crippen molar-refractivity contribution in [2.24, 2.45) is 0 Å². The average molecular weight is 393 g/mol. The van der Waals surface area contributed by atoms with Crippen LogP contribution in [0.1, 0.15) is 18.1 Å². The van der Waals surface area contributed by atoms with Gasteiger partial charge in [0.25, 0.3) is 5.91 Å². The topological polar surface area (TPSA) is 88.2 Å². The first-order valence-electron chi connectivity index (χ1n) is 9.40. The number of ether oxygens (including phenoxy) is 2. The molecule has 1 atom stereocenters. The van der Waals surface area contributed by atoms with Crippen molar-refractivity contribution in [1.29, 1.82) is 0 Å². The van der Waals surface area contributed by atoms with Gasteiger partial charge in [-0.3, -0.25) is 14.5 Å². The molecule has 1 N–H and O–H groups in total. The van der Waals surface area contributed by atoms with E-state index >= 15 is 0 Å². The number of carbonyl (C=O) groups is 3. The Morgan fingerprint density at radius 2 is 1.93 bits per heavy atom. The average Bonchev–Trinajstić information content (AvgIpc) is 3.41. The fourth-order valence-corrected chi connectivity index (χ4v) is 4.06. The van der Waals surface area contributed by atoms with E-state index in [4.69, 9.17) is 9.47 Å². The molecule has 0 aliphatic carbocycles. The maximum atomic E-state index is 13.1. The van der Waals surface area contributed by atoms with Crippen LogP contribution in [0.5, 0.6) is 11.5 Å². The van der Waals surface area contributed by atoms with E-state index < -0.39 is 17.5 Å². The molecule has 3 heterocycles. The number of urea groups is 1. The molecule has 148 valence electrons. The predicted octanol–water partition coefficient (Wildman–Crippen LogP) is 1.77. The van der Waals surface area contributed by atoms with Crippen molar-refractivity contribution in [2.75, 3.05) is 24.8 Å². The smallest absolute Gasteiger partial charge is 0.325 e. The number of nitrogens with one attached hydrogen (secondary N) is 1. The van der Waals surface area contributed by atoms with Crippen molar-refractivity contribution in [1.82, 2.24) is 10.2 Å². The molecule has 5 rings (SSSR count). The minimum atomic E-state index is -1.28. The summed E-state index contributed by atoms with van der Waals surface area (Å²) in [6, 6.07) is 12.2. The lowest BCUT2D eigenvalue weighted by atomic mass is 9.91. The van der Waals surface area contributed by atoms with Gasteiger partial charge >= 0.3 is 6.03 Å². The van der Waals surface area contributed by atoms with E-state index in [-0.39, 0.29) is 19.2 Å². The predicted molar refractivity (Wildman–Crippen MR) is 103 cm³/mol. The zero-order chi connectivity index (χ0) is 20.2. The minimum Gasteiger partial charge on any atom is -0.454 e. The molecule has 0 spiro atoms. The molecule has 0 radical (unpaired) electrons. The van der Waals surface area contributed by atoms with Gasteiger partial charge in [-0.1, -0.05) is 24.3 Å². The minimum absolute atomic E-state index is 0.119. The molecule has 0 bridgehead atoms. The highest BCUT2D eigenvalue weighted by molar-refractivity contribution is 6.10. The number of rotatable bonds is 3. The molecule has 2 aromatic rings. The van der Waals surface area contributed by atoms with Gasteiger partial charge in [-0.05, 0) is 42.7 Å². The van der Waals surface area contributed by atoms with Crippen LogP contribution >= 0.6 is 0 Å². The number of para-hydroxylation sites is 1. The maximum Gasteiger partial charge on any atom is 0.325 e. The summed E-state index contributed by atoms with van der Waals surface area (Å²) in [6.07, 6.45) is 0.761. The second-order valence-corrected chi connectivity index (χ2v) is 7.44. The van der Waals surface area contributed by atoms with Crippen molar-refractivity contribution in [2.45, 2.75) is 18.9 Å². The molecule has 0 saturated carbocycles. The van der Waals surface area contributed by atoms with E-state index in [1.807, 2.05) is 24.3 Å². The summed E-state index contributed by atoms with van der Waals surface area (Å²) in [6.45, 7) is 1.98. The SMILES string of the molecule is C[C@]1(c2ccc3c(c2)OCO3)NC(=O)N(CC(=O)N2CCc3ccccc32)C1=O. The lowest BCUT2D eigenvalue weighted by Crippen LogP contribution is -2.44. The van der Waals surface area contributed by atoms with Gasteiger partial charge in [0.15, 0.2) is 11.5 Å². The summed E-state index contributed by atoms with van der Waals surface area (Å²) in [4.78, 5) is 41.2. The van der Waals surface area contributed by atoms with Crippen LogP contribution < -0.4 is 19.7 Å². The first-order chi connectivity index (χ1) is 14.0. The number of imide groups is 1. The van der Waals surface area contributed by atoms with Crippen LogP contribution in [0.25, 0.3) is 0 Å². The number of amides is 4. The molecule has 1 fully saturated rings. The monoisotopic (exact) mass is 393 g/mol. The van der Waals surface area contributed by atoms with Gasteiger partial charge in [-0.2, -0.15) is 0 Å². The van der Waals surface area contributed by atoms with Crippen molar-refractivity contribution < 1.29 is 23.9 Å². The van der Waals surface area contributed by atoms with Crippen molar-refractivity contribution >= 4 is 23.5 Å². The molecule has 8 heteroatoms. The number of benzene rings is 2. The van der Waals surface area contributed by atoms with Gasteiger partial charge in [0.2, 0.25) is 12.7 Å². The Morgan fingerprint density at radius 3 is 2.79 bits per heavy atom. The summed E-state index contributed by atoms with van der Waals surface area (Å²) < 4.78 is 10.7. The Labute approximate surface area is 167 Å². The second-order valence-electron chi connectivity index (χ2n) is 7.44. The fraction of sp³-hybridized carbons (Fsp3) is 0.286. The van der Waals surface area contributed by atoms with E-state index in [9.17, 15) is 14.4 Å². The van der Waals surface area contributed by atoms with Crippen molar-refractivity contribution in [3.8, 4) is 11.5 Å². The summed E-state index contributed by atoms with van der Waals surface area (Å²) in [7, 11) is 0. The second kappa shape index (κ2) is 6.23. The van der Waals surface area contributed by atoms with E-state index in [0.29, 0.717) is 23.6 Å². The molecule has 0 unspecified atom stereocenters. The molecule has 3 aliphatic heterocycles. The van der Waals surface area contributed by atoms with Crippen LogP contribution in [0.2, 0.25) is 0 Å². The van der Waals surface area contributed by atoms with Gasteiger partial charge in [0.1, 0.15) is 12.1 Å². The summed E-state index contributed by atoms with van der Waals surface area (Å²) >= 11 is 0. The zero-order valence-electron chi connectivity index (χ0n) is 15.8. The maximum absolute atomic E-state index is 13.1. The molecule has 29 heavy (non-hydrogen) atoms. The largest absolute Gasteiger partial charge is 0.454 e.